The van der Waals surface area contributed by atoms with E-state index in [2.05, 4.69) is 18.3 Å². The zero-order valence-electron chi connectivity index (χ0n) is 12.9. The standard InChI is InChI=1S/C18H21ClFN/c1-5-21-18(15-7-6-11(2)8-16(15)19)14-9-12(3)17(20)13(4)10-14/h6-10,18,21H,5H2,1-4H3. The van der Waals surface area contributed by atoms with Gasteiger partial charge in [-0.25, -0.2) is 4.39 Å². The second kappa shape index (κ2) is 6.59. The van der Waals surface area contributed by atoms with E-state index in [9.17, 15) is 4.39 Å². The minimum atomic E-state index is -0.135. The van der Waals surface area contributed by atoms with Gasteiger partial charge in [-0.2, -0.15) is 0 Å². The van der Waals surface area contributed by atoms with Crippen LogP contribution in [0.3, 0.4) is 0 Å². The molecule has 2 aromatic carbocycles. The predicted octanol–water partition coefficient (Wildman–Crippen LogP) is 5.10. The van der Waals surface area contributed by atoms with Gasteiger partial charge in [-0.3, -0.25) is 0 Å². The number of nitrogens with one attached hydrogen (secondary N) is 1. The molecule has 0 aliphatic rings. The van der Waals surface area contributed by atoms with Crippen LogP contribution in [0.25, 0.3) is 0 Å². The van der Waals surface area contributed by atoms with Crippen molar-refractivity contribution in [1.29, 1.82) is 0 Å². The molecule has 2 rings (SSSR count). The first-order valence-corrected chi connectivity index (χ1v) is 7.58. The highest BCUT2D eigenvalue weighted by Crippen LogP contribution is 2.30. The normalized spacial score (nSPS) is 12.5. The largest absolute Gasteiger partial charge is 0.306 e. The summed E-state index contributed by atoms with van der Waals surface area (Å²) in [5, 5.41) is 4.18. The Morgan fingerprint density at radius 2 is 1.71 bits per heavy atom. The van der Waals surface area contributed by atoms with E-state index in [1.807, 2.05) is 31.2 Å². The molecule has 1 atom stereocenters. The Morgan fingerprint density at radius 3 is 2.24 bits per heavy atom. The van der Waals surface area contributed by atoms with Gasteiger partial charge in [0.1, 0.15) is 5.82 Å². The number of aryl methyl sites for hydroxylation is 3. The molecule has 0 saturated heterocycles. The Hall–Kier alpha value is -1.38. The minimum absolute atomic E-state index is 0.0268. The van der Waals surface area contributed by atoms with Crippen LogP contribution in [-0.4, -0.2) is 6.54 Å². The lowest BCUT2D eigenvalue weighted by atomic mass is 9.94. The SMILES string of the molecule is CCNC(c1cc(C)c(F)c(C)c1)c1ccc(C)cc1Cl. The zero-order chi connectivity index (χ0) is 15.6. The Morgan fingerprint density at radius 1 is 1.10 bits per heavy atom. The van der Waals surface area contributed by atoms with Gasteiger partial charge in [0.15, 0.2) is 0 Å². The van der Waals surface area contributed by atoms with E-state index in [4.69, 9.17) is 11.6 Å². The molecule has 0 radical (unpaired) electrons. The van der Waals surface area contributed by atoms with Gasteiger partial charge >= 0.3 is 0 Å². The molecule has 1 N–H and O–H groups in total. The molecule has 0 aliphatic heterocycles. The van der Waals surface area contributed by atoms with Crippen LogP contribution in [0, 0.1) is 26.6 Å². The summed E-state index contributed by atoms with van der Waals surface area (Å²) in [6.45, 7) is 8.48. The first-order valence-electron chi connectivity index (χ1n) is 7.20. The van der Waals surface area contributed by atoms with Crippen molar-refractivity contribution >= 4 is 11.6 Å². The highest BCUT2D eigenvalue weighted by molar-refractivity contribution is 6.31. The summed E-state index contributed by atoms with van der Waals surface area (Å²) in [5.41, 5.74) is 4.52. The zero-order valence-corrected chi connectivity index (χ0v) is 13.7. The predicted molar refractivity (Wildman–Crippen MR) is 87.6 cm³/mol. The number of hydrogen-bond donors (Lipinski definition) is 1. The molecule has 0 aliphatic carbocycles. The molecule has 0 heterocycles. The van der Waals surface area contributed by atoms with Crippen molar-refractivity contribution in [3.63, 3.8) is 0 Å². The molecular formula is C18H21ClFN. The molecule has 0 amide bonds. The summed E-state index contributed by atoms with van der Waals surface area (Å²) in [4.78, 5) is 0. The maximum absolute atomic E-state index is 13.8. The molecule has 0 aromatic heterocycles. The fourth-order valence-electron chi connectivity index (χ4n) is 2.62. The summed E-state index contributed by atoms with van der Waals surface area (Å²) in [5.74, 6) is -0.135. The Balaban J connectivity index is 2.53. The number of hydrogen-bond acceptors (Lipinski definition) is 1. The van der Waals surface area contributed by atoms with Crippen LogP contribution in [0.5, 0.6) is 0 Å². The van der Waals surface area contributed by atoms with Crippen molar-refractivity contribution in [2.75, 3.05) is 6.54 Å². The smallest absolute Gasteiger partial charge is 0.129 e. The second-order valence-electron chi connectivity index (χ2n) is 5.48. The third-order valence-corrected chi connectivity index (χ3v) is 3.99. The first kappa shape index (κ1) is 16.0. The van der Waals surface area contributed by atoms with Gasteiger partial charge in [0.05, 0.1) is 6.04 Å². The average Bonchev–Trinajstić information content (AvgIpc) is 2.42. The van der Waals surface area contributed by atoms with Crippen molar-refractivity contribution in [1.82, 2.24) is 5.32 Å². The van der Waals surface area contributed by atoms with Crippen molar-refractivity contribution < 1.29 is 4.39 Å². The molecule has 0 fully saturated rings. The summed E-state index contributed by atoms with van der Waals surface area (Å²) >= 11 is 6.41. The third kappa shape index (κ3) is 3.45. The van der Waals surface area contributed by atoms with E-state index in [0.717, 1.165) is 28.3 Å². The van der Waals surface area contributed by atoms with Crippen LogP contribution in [0.15, 0.2) is 30.3 Å². The van der Waals surface area contributed by atoms with Crippen LogP contribution in [0.4, 0.5) is 4.39 Å². The molecule has 0 spiro atoms. The van der Waals surface area contributed by atoms with Gasteiger partial charge in [0.2, 0.25) is 0 Å². The van der Waals surface area contributed by atoms with Gasteiger partial charge in [-0.15, -0.1) is 0 Å². The van der Waals surface area contributed by atoms with Crippen LogP contribution in [0.1, 0.15) is 40.8 Å². The number of rotatable bonds is 4. The molecule has 21 heavy (non-hydrogen) atoms. The van der Waals surface area contributed by atoms with E-state index < -0.39 is 0 Å². The quantitative estimate of drug-likeness (QED) is 0.828. The van der Waals surface area contributed by atoms with Gasteiger partial charge in [-0.1, -0.05) is 42.8 Å². The Labute approximate surface area is 131 Å². The highest BCUT2D eigenvalue weighted by Gasteiger charge is 2.18. The topological polar surface area (TPSA) is 12.0 Å². The maximum Gasteiger partial charge on any atom is 0.129 e. The lowest BCUT2D eigenvalue weighted by molar-refractivity contribution is 0.598. The first-order chi connectivity index (χ1) is 9.93. The summed E-state index contributed by atoms with van der Waals surface area (Å²) in [6.07, 6.45) is 0. The van der Waals surface area contributed by atoms with E-state index >= 15 is 0 Å². The number of halogens is 2. The highest BCUT2D eigenvalue weighted by atomic mass is 35.5. The lowest BCUT2D eigenvalue weighted by Gasteiger charge is -2.22. The molecule has 3 heteroatoms. The summed E-state index contributed by atoms with van der Waals surface area (Å²) < 4.78 is 13.8. The van der Waals surface area contributed by atoms with Crippen LogP contribution in [0.2, 0.25) is 5.02 Å². The Bertz CT molecular complexity index is 629. The monoisotopic (exact) mass is 305 g/mol. The molecule has 0 bridgehead atoms. The fourth-order valence-corrected chi connectivity index (χ4v) is 2.97. The van der Waals surface area contributed by atoms with E-state index in [-0.39, 0.29) is 11.9 Å². The Kier molecular flexibility index (Phi) is 5.02. The van der Waals surface area contributed by atoms with Gasteiger partial charge < -0.3 is 5.32 Å². The average molecular weight is 306 g/mol. The summed E-state index contributed by atoms with van der Waals surface area (Å²) in [6, 6.07) is 9.82. The van der Waals surface area contributed by atoms with E-state index in [0.29, 0.717) is 11.1 Å². The van der Waals surface area contributed by atoms with E-state index in [1.54, 1.807) is 13.8 Å². The fraction of sp³-hybridized carbons (Fsp3) is 0.333. The van der Waals surface area contributed by atoms with Crippen molar-refractivity contribution in [2.24, 2.45) is 0 Å². The molecular weight excluding hydrogens is 285 g/mol. The van der Waals surface area contributed by atoms with Crippen LogP contribution >= 0.6 is 11.6 Å². The lowest BCUT2D eigenvalue weighted by Crippen LogP contribution is -2.22. The van der Waals surface area contributed by atoms with Crippen molar-refractivity contribution in [3.05, 3.63) is 69.0 Å². The second-order valence-corrected chi connectivity index (χ2v) is 5.89. The molecule has 0 saturated carbocycles. The van der Waals surface area contributed by atoms with Crippen molar-refractivity contribution in [2.45, 2.75) is 33.7 Å². The van der Waals surface area contributed by atoms with Gasteiger partial charge in [0, 0.05) is 5.02 Å². The van der Waals surface area contributed by atoms with Gasteiger partial charge in [0.25, 0.3) is 0 Å². The molecule has 2 aromatic rings. The van der Waals surface area contributed by atoms with Gasteiger partial charge in [-0.05, 0) is 61.2 Å². The minimum Gasteiger partial charge on any atom is -0.306 e. The summed E-state index contributed by atoms with van der Waals surface area (Å²) in [7, 11) is 0. The van der Waals surface area contributed by atoms with Crippen LogP contribution < -0.4 is 5.32 Å². The molecule has 112 valence electrons. The number of benzene rings is 2. The third-order valence-electron chi connectivity index (χ3n) is 3.67. The van der Waals surface area contributed by atoms with E-state index in [1.165, 1.54) is 0 Å². The molecule has 1 nitrogen and oxygen atoms in total. The van der Waals surface area contributed by atoms with Crippen molar-refractivity contribution in [3.8, 4) is 0 Å². The van der Waals surface area contributed by atoms with Crippen LogP contribution in [-0.2, 0) is 0 Å². The maximum atomic E-state index is 13.8. The molecule has 1 unspecified atom stereocenters.